The maximum absolute atomic E-state index is 10.8. The lowest BCUT2D eigenvalue weighted by Gasteiger charge is -2.24. The van der Waals surface area contributed by atoms with E-state index < -0.39 is 0 Å². The Kier molecular flexibility index (Phi) is 8.04. The number of hydrogen-bond acceptors (Lipinski definition) is 6. The summed E-state index contributed by atoms with van der Waals surface area (Å²) in [5.74, 6) is -0.472. The Morgan fingerprint density at radius 3 is 2.43 bits per heavy atom. The van der Waals surface area contributed by atoms with Crippen LogP contribution in [0.1, 0.15) is 29.6 Å². The fourth-order valence-corrected chi connectivity index (χ4v) is 1.97. The van der Waals surface area contributed by atoms with Crippen molar-refractivity contribution in [1.29, 1.82) is 0 Å². The van der Waals surface area contributed by atoms with E-state index in [1.54, 1.807) is 18.3 Å². The number of piperidine rings is 1. The van der Waals surface area contributed by atoms with E-state index in [0.717, 1.165) is 13.1 Å². The molecule has 0 bridgehead atoms. The second-order valence-electron chi connectivity index (χ2n) is 4.65. The van der Waals surface area contributed by atoms with Crippen LogP contribution < -0.4 is 0 Å². The number of esters is 2. The third-order valence-corrected chi connectivity index (χ3v) is 3.11. The van der Waals surface area contributed by atoms with E-state index >= 15 is 0 Å². The fraction of sp³-hybridized carbons (Fsp3) is 0.533. The average molecular weight is 294 g/mol. The molecule has 0 aromatic carbocycles. The minimum absolute atomic E-state index is 0.119. The number of carbonyl (C=O) groups excluding carboxylic acids is 2. The van der Waals surface area contributed by atoms with Gasteiger partial charge in [-0.1, -0.05) is 6.42 Å². The summed E-state index contributed by atoms with van der Waals surface area (Å²) in [6.45, 7) is 2.57. The lowest BCUT2D eigenvalue weighted by atomic mass is 10.1. The molecule has 1 aromatic rings. The van der Waals surface area contributed by atoms with Crippen LogP contribution in [-0.4, -0.2) is 55.7 Å². The van der Waals surface area contributed by atoms with Crippen molar-refractivity contribution in [2.75, 3.05) is 33.9 Å². The van der Waals surface area contributed by atoms with Gasteiger partial charge >= 0.3 is 11.9 Å². The quantitative estimate of drug-likeness (QED) is 0.787. The summed E-state index contributed by atoms with van der Waals surface area (Å²) in [5.41, 5.74) is 0.477. The summed E-state index contributed by atoms with van der Waals surface area (Å²) in [6, 6.07) is 3.34. The van der Waals surface area contributed by atoms with E-state index in [4.69, 9.17) is 0 Å². The van der Waals surface area contributed by atoms with Crippen LogP contribution >= 0.6 is 0 Å². The van der Waals surface area contributed by atoms with Gasteiger partial charge in [-0.25, -0.2) is 4.79 Å². The summed E-state index contributed by atoms with van der Waals surface area (Å²) in [7, 11) is 2.78. The molecule has 0 amide bonds. The highest BCUT2D eigenvalue weighted by Gasteiger charge is 2.13. The summed E-state index contributed by atoms with van der Waals surface area (Å²) in [4.78, 5) is 27.5. The molecule has 1 aliphatic heterocycles. The van der Waals surface area contributed by atoms with Crippen LogP contribution in [0.3, 0.4) is 0 Å². The number of pyridine rings is 1. The van der Waals surface area contributed by atoms with Gasteiger partial charge in [0, 0.05) is 12.4 Å². The highest BCUT2D eigenvalue weighted by atomic mass is 16.5. The molecular formula is C15H22N2O4. The lowest BCUT2D eigenvalue weighted by Crippen LogP contribution is -2.34. The molecule has 0 radical (unpaired) electrons. The van der Waals surface area contributed by atoms with E-state index in [0.29, 0.717) is 12.1 Å². The van der Waals surface area contributed by atoms with Gasteiger partial charge in [0.05, 0.1) is 26.3 Å². The Morgan fingerprint density at radius 1 is 1.19 bits per heavy atom. The van der Waals surface area contributed by atoms with E-state index in [1.807, 2.05) is 0 Å². The van der Waals surface area contributed by atoms with Gasteiger partial charge in [-0.2, -0.15) is 0 Å². The molecule has 0 N–H and O–H groups in total. The van der Waals surface area contributed by atoms with Gasteiger partial charge in [-0.3, -0.25) is 14.7 Å². The van der Waals surface area contributed by atoms with E-state index in [-0.39, 0.29) is 11.9 Å². The molecule has 0 unspecified atom stereocenters. The van der Waals surface area contributed by atoms with Crippen molar-refractivity contribution < 1.29 is 19.1 Å². The van der Waals surface area contributed by atoms with Crippen molar-refractivity contribution in [1.82, 2.24) is 9.88 Å². The second kappa shape index (κ2) is 9.88. The smallest absolute Gasteiger partial charge is 0.339 e. The molecule has 0 atom stereocenters. The van der Waals surface area contributed by atoms with Crippen LogP contribution in [0.4, 0.5) is 0 Å². The summed E-state index contributed by atoms with van der Waals surface area (Å²) < 4.78 is 9.03. The molecule has 0 saturated carbocycles. The Bertz CT molecular complexity index is 431. The minimum Gasteiger partial charge on any atom is -0.468 e. The maximum atomic E-state index is 10.8. The normalized spacial score (nSPS) is 14.6. The van der Waals surface area contributed by atoms with Crippen LogP contribution in [0.15, 0.2) is 24.5 Å². The summed E-state index contributed by atoms with van der Waals surface area (Å²) in [5, 5.41) is 0. The van der Waals surface area contributed by atoms with Crippen molar-refractivity contribution >= 4 is 11.9 Å². The van der Waals surface area contributed by atoms with E-state index in [1.165, 1.54) is 39.7 Å². The number of hydrogen-bond donors (Lipinski definition) is 0. The van der Waals surface area contributed by atoms with E-state index in [9.17, 15) is 9.59 Å². The molecule has 1 fully saturated rings. The van der Waals surface area contributed by atoms with E-state index in [2.05, 4.69) is 19.4 Å². The number of rotatable bonds is 3. The molecule has 0 aliphatic carbocycles. The van der Waals surface area contributed by atoms with Crippen LogP contribution in [-0.2, 0) is 14.3 Å². The highest BCUT2D eigenvalue weighted by molar-refractivity contribution is 5.88. The number of aromatic nitrogens is 1. The number of methoxy groups -OCH3 is 2. The lowest BCUT2D eigenvalue weighted by molar-refractivity contribution is -0.142. The van der Waals surface area contributed by atoms with Gasteiger partial charge in [0.1, 0.15) is 0 Å². The molecule has 116 valence electrons. The van der Waals surface area contributed by atoms with Crippen molar-refractivity contribution in [2.24, 2.45) is 0 Å². The average Bonchev–Trinajstić information content (AvgIpc) is 2.56. The zero-order chi connectivity index (χ0) is 15.5. The zero-order valence-electron chi connectivity index (χ0n) is 12.6. The Hall–Kier alpha value is -1.95. The first-order valence-electron chi connectivity index (χ1n) is 6.95. The van der Waals surface area contributed by atoms with Gasteiger partial charge in [-0.15, -0.1) is 0 Å². The van der Waals surface area contributed by atoms with Crippen molar-refractivity contribution in [3.05, 3.63) is 30.1 Å². The molecule has 6 nitrogen and oxygen atoms in total. The summed E-state index contributed by atoms with van der Waals surface area (Å²) in [6.07, 6.45) is 6.81. The van der Waals surface area contributed by atoms with Gasteiger partial charge < -0.3 is 9.47 Å². The Morgan fingerprint density at radius 2 is 1.90 bits per heavy atom. The Balaban J connectivity index is 0.000000211. The molecule has 2 rings (SSSR count). The van der Waals surface area contributed by atoms with Crippen molar-refractivity contribution in [3.63, 3.8) is 0 Å². The molecule has 21 heavy (non-hydrogen) atoms. The first kappa shape index (κ1) is 17.1. The van der Waals surface area contributed by atoms with Gasteiger partial charge in [0.2, 0.25) is 0 Å². The predicted molar refractivity (Wildman–Crippen MR) is 77.9 cm³/mol. The minimum atomic E-state index is -0.354. The predicted octanol–water partition coefficient (Wildman–Crippen LogP) is 1.51. The van der Waals surface area contributed by atoms with Crippen molar-refractivity contribution in [2.45, 2.75) is 19.3 Å². The van der Waals surface area contributed by atoms with Crippen LogP contribution in [0.5, 0.6) is 0 Å². The largest absolute Gasteiger partial charge is 0.468 e. The monoisotopic (exact) mass is 294 g/mol. The van der Waals surface area contributed by atoms with Gasteiger partial charge in [0.15, 0.2) is 0 Å². The Labute approximate surface area is 125 Å². The van der Waals surface area contributed by atoms with Crippen molar-refractivity contribution in [3.8, 4) is 0 Å². The first-order chi connectivity index (χ1) is 10.2. The SMILES string of the molecule is COC(=O)CN1CCCCC1.COC(=O)c1cccnc1. The topological polar surface area (TPSA) is 68.7 Å². The van der Waals surface area contributed by atoms with Crippen LogP contribution in [0.25, 0.3) is 0 Å². The molecule has 1 saturated heterocycles. The third-order valence-electron chi connectivity index (χ3n) is 3.11. The number of ether oxygens (including phenoxy) is 2. The third kappa shape index (κ3) is 6.85. The van der Waals surface area contributed by atoms with Gasteiger partial charge in [-0.05, 0) is 38.1 Å². The highest BCUT2D eigenvalue weighted by Crippen LogP contribution is 2.07. The first-order valence-corrected chi connectivity index (χ1v) is 6.95. The zero-order valence-corrected chi connectivity index (χ0v) is 12.6. The maximum Gasteiger partial charge on any atom is 0.339 e. The second-order valence-corrected chi connectivity index (χ2v) is 4.65. The summed E-state index contributed by atoms with van der Waals surface area (Å²) >= 11 is 0. The molecular weight excluding hydrogens is 272 g/mol. The van der Waals surface area contributed by atoms with Crippen LogP contribution in [0.2, 0.25) is 0 Å². The fourth-order valence-electron chi connectivity index (χ4n) is 1.97. The molecule has 2 heterocycles. The standard InChI is InChI=1S/C8H15NO2.C7H7NO2/c1-11-8(10)7-9-5-3-2-4-6-9;1-10-7(9)6-3-2-4-8-5-6/h2-7H2,1H3;2-5H,1H3. The number of likely N-dealkylation sites (tertiary alicyclic amines) is 1. The molecule has 1 aliphatic rings. The number of carbonyl (C=O) groups is 2. The molecule has 6 heteroatoms. The number of nitrogens with zero attached hydrogens (tertiary/aromatic N) is 2. The molecule has 1 aromatic heterocycles. The van der Waals surface area contributed by atoms with Crippen LogP contribution in [0, 0.1) is 0 Å². The molecule has 0 spiro atoms. The van der Waals surface area contributed by atoms with Gasteiger partial charge in [0.25, 0.3) is 0 Å².